The number of carbonyl (C=O) groups is 1. The molecule has 0 saturated carbocycles. The molecular weight excluding hydrogens is 626 g/mol. The first-order chi connectivity index (χ1) is 22.3. The van der Waals surface area contributed by atoms with E-state index in [1.165, 1.54) is 77.0 Å². The number of ether oxygens (including phenoxy) is 3. The Morgan fingerprint density at radius 1 is 0.913 bits per heavy atom. The number of thiocarbonyl (C=S) groups is 1. The summed E-state index contributed by atoms with van der Waals surface area (Å²) in [5.41, 5.74) is 0.809. The average molecular weight is 683 g/mol. The summed E-state index contributed by atoms with van der Waals surface area (Å²) in [5, 5.41) is 7.06. The molecule has 1 heterocycles. The van der Waals surface area contributed by atoms with Crippen molar-refractivity contribution in [3.63, 3.8) is 0 Å². The molecule has 1 aromatic carbocycles. The van der Waals surface area contributed by atoms with E-state index >= 15 is 0 Å². The van der Waals surface area contributed by atoms with Gasteiger partial charge in [0.2, 0.25) is 0 Å². The molecule has 1 fully saturated rings. The van der Waals surface area contributed by atoms with Gasteiger partial charge in [-0.2, -0.15) is 0 Å². The average Bonchev–Trinajstić information content (AvgIpc) is 3.34. The molecule has 2 radical (unpaired) electrons. The highest BCUT2D eigenvalue weighted by Gasteiger charge is 2.46. The molecule has 2 rings (SSSR count). The molecule has 10 nitrogen and oxygen atoms in total. The maximum Gasteiger partial charge on any atom is 0.508 e. The second-order valence-corrected chi connectivity index (χ2v) is 13.8. The summed E-state index contributed by atoms with van der Waals surface area (Å²) in [4.78, 5) is 22.2. The van der Waals surface area contributed by atoms with E-state index in [1.807, 2.05) is 30.3 Å². The maximum atomic E-state index is 12.3. The second-order valence-electron chi connectivity index (χ2n) is 11.9. The lowest BCUT2D eigenvalue weighted by Gasteiger charge is -2.25. The van der Waals surface area contributed by atoms with E-state index in [0.29, 0.717) is 24.5 Å². The van der Waals surface area contributed by atoms with Gasteiger partial charge in [-0.3, -0.25) is 9.05 Å². The van der Waals surface area contributed by atoms with Gasteiger partial charge in [0.25, 0.3) is 0 Å². The third-order valence-corrected chi connectivity index (χ3v) is 9.42. The molecule has 1 aliphatic rings. The lowest BCUT2D eigenvalue weighted by molar-refractivity contribution is -0.0304. The third kappa shape index (κ3) is 18.0. The monoisotopic (exact) mass is 682 g/mol. The number of rotatable bonds is 25. The SMILES string of the molecule is [B][C@@H]1O[C@H](COC(=O)OCc2ccccc2)[C@H](OP(=O)(O)OC)C1CCCNC(=S)NCCCCCCCCCCCCCCC. The number of unbranched alkanes of at least 4 members (excludes halogenated alkanes) is 12. The van der Waals surface area contributed by atoms with Gasteiger partial charge < -0.3 is 29.7 Å². The molecule has 0 bridgehead atoms. The van der Waals surface area contributed by atoms with Crippen molar-refractivity contribution >= 4 is 39.2 Å². The van der Waals surface area contributed by atoms with Gasteiger partial charge in [0.1, 0.15) is 33.3 Å². The molecular formula is C33H56BN2O8PS. The lowest BCUT2D eigenvalue weighted by atomic mass is 9.82. The van der Waals surface area contributed by atoms with Crippen LogP contribution in [0.5, 0.6) is 0 Å². The fraction of sp³-hybridized carbons (Fsp3) is 0.758. The smallest absolute Gasteiger partial charge is 0.431 e. The van der Waals surface area contributed by atoms with Gasteiger partial charge in [0.05, 0.1) is 0 Å². The maximum absolute atomic E-state index is 12.3. The molecule has 1 aliphatic heterocycles. The number of benzene rings is 1. The molecule has 1 saturated heterocycles. The first-order valence-corrected chi connectivity index (χ1v) is 19.0. The van der Waals surface area contributed by atoms with Crippen molar-refractivity contribution in [2.45, 2.75) is 128 Å². The van der Waals surface area contributed by atoms with E-state index in [9.17, 15) is 14.3 Å². The van der Waals surface area contributed by atoms with Crippen LogP contribution < -0.4 is 10.6 Å². The first-order valence-electron chi connectivity index (χ1n) is 17.1. The van der Waals surface area contributed by atoms with Gasteiger partial charge in [0, 0.05) is 32.1 Å². The Morgan fingerprint density at radius 2 is 1.48 bits per heavy atom. The largest absolute Gasteiger partial charge is 0.508 e. The van der Waals surface area contributed by atoms with E-state index < -0.39 is 38.1 Å². The van der Waals surface area contributed by atoms with Crippen LogP contribution in [0.2, 0.25) is 0 Å². The van der Waals surface area contributed by atoms with Gasteiger partial charge in [-0.05, 0) is 37.0 Å². The molecule has 260 valence electrons. The van der Waals surface area contributed by atoms with Crippen LogP contribution in [0.15, 0.2) is 30.3 Å². The molecule has 2 unspecified atom stereocenters. The molecule has 0 spiro atoms. The van der Waals surface area contributed by atoms with E-state index in [0.717, 1.165) is 25.6 Å². The van der Waals surface area contributed by atoms with Gasteiger partial charge in [0.15, 0.2) is 5.11 Å². The zero-order valence-electron chi connectivity index (χ0n) is 27.9. The molecule has 5 atom stereocenters. The van der Waals surface area contributed by atoms with Crippen LogP contribution in [0, 0.1) is 5.92 Å². The summed E-state index contributed by atoms with van der Waals surface area (Å²) in [6, 6.07) is 8.39. The number of phosphoric ester groups is 1. The van der Waals surface area contributed by atoms with E-state index in [-0.39, 0.29) is 13.2 Å². The number of carbonyl (C=O) groups excluding carboxylic acids is 1. The van der Waals surface area contributed by atoms with Crippen molar-refractivity contribution in [2.24, 2.45) is 5.92 Å². The van der Waals surface area contributed by atoms with Crippen molar-refractivity contribution in [1.29, 1.82) is 0 Å². The van der Waals surface area contributed by atoms with Crippen LogP contribution in [-0.2, 0) is 34.4 Å². The van der Waals surface area contributed by atoms with Crippen LogP contribution in [0.4, 0.5) is 4.79 Å². The van der Waals surface area contributed by atoms with Crippen LogP contribution >= 0.6 is 20.0 Å². The summed E-state index contributed by atoms with van der Waals surface area (Å²) in [7, 11) is 2.93. The quantitative estimate of drug-likeness (QED) is 0.0316. The van der Waals surface area contributed by atoms with Crippen LogP contribution in [0.25, 0.3) is 0 Å². The van der Waals surface area contributed by atoms with Crippen molar-refractivity contribution in [3.8, 4) is 0 Å². The predicted octanol–water partition coefficient (Wildman–Crippen LogP) is 7.32. The van der Waals surface area contributed by atoms with Crippen molar-refractivity contribution in [2.75, 3.05) is 26.8 Å². The molecule has 46 heavy (non-hydrogen) atoms. The number of nitrogens with one attached hydrogen (secondary N) is 2. The van der Waals surface area contributed by atoms with Crippen LogP contribution in [-0.4, -0.2) is 69.0 Å². The highest BCUT2D eigenvalue weighted by molar-refractivity contribution is 7.80. The Kier molecular flexibility index (Phi) is 21.5. The molecule has 0 aromatic heterocycles. The fourth-order valence-corrected chi connectivity index (χ4v) is 6.39. The summed E-state index contributed by atoms with van der Waals surface area (Å²) in [5.74, 6) is -0.446. The topological polar surface area (TPSA) is 125 Å². The molecule has 1 aromatic rings. The number of hydrogen-bond donors (Lipinski definition) is 3. The lowest BCUT2D eigenvalue weighted by Crippen LogP contribution is -2.37. The van der Waals surface area contributed by atoms with Gasteiger partial charge in [-0.25, -0.2) is 9.36 Å². The van der Waals surface area contributed by atoms with Gasteiger partial charge in [-0.1, -0.05) is 114 Å². The molecule has 0 amide bonds. The van der Waals surface area contributed by atoms with Crippen molar-refractivity contribution in [1.82, 2.24) is 10.6 Å². The predicted molar refractivity (Wildman–Crippen MR) is 186 cm³/mol. The third-order valence-electron chi connectivity index (χ3n) is 8.16. The number of phosphoric acid groups is 1. The standard InChI is InChI=1S/C33H56BN2O8PS/c1-3-4-5-6-7-8-9-10-11-12-13-14-18-23-35-32(46)36-24-19-22-28-30(44-45(38,39)40-2)29(43-31(28)34)26-42-33(37)41-25-27-20-16-15-17-21-27/h15-17,20-21,28-31H,3-14,18-19,22-26H2,1-2H3,(H,38,39)(H2,35,36,46)/t28?,29-,30-,31-/m1/s1. The minimum absolute atomic E-state index is 0.0475. The summed E-state index contributed by atoms with van der Waals surface area (Å²) in [6.45, 7) is 3.45. The van der Waals surface area contributed by atoms with Crippen LogP contribution in [0.1, 0.15) is 109 Å². The first kappa shape index (κ1) is 40.5. The summed E-state index contributed by atoms with van der Waals surface area (Å²) >= 11 is 5.42. The minimum Gasteiger partial charge on any atom is -0.431 e. The highest BCUT2D eigenvalue weighted by Crippen LogP contribution is 2.48. The van der Waals surface area contributed by atoms with Gasteiger partial charge in [-0.15, -0.1) is 0 Å². The van der Waals surface area contributed by atoms with Crippen LogP contribution in [0.3, 0.4) is 0 Å². The molecule has 0 aliphatic carbocycles. The molecule has 3 N–H and O–H groups in total. The Labute approximate surface area is 283 Å². The Bertz CT molecular complexity index is 1010. The normalized spacial score (nSPS) is 20.6. The molecule has 13 heteroatoms. The highest BCUT2D eigenvalue weighted by atomic mass is 32.1. The number of hydrogen-bond acceptors (Lipinski definition) is 8. The Balaban J connectivity index is 1.60. The zero-order valence-corrected chi connectivity index (χ0v) is 29.6. The Morgan fingerprint density at radius 3 is 2.07 bits per heavy atom. The van der Waals surface area contributed by atoms with Crippen molar-refractivity contribution < 1.29 is 37.5 Å². The summed E-state index contributed by atoms with van der Waals surface area (Å²) < 4.78 is 38.4. The van der Waals surface area contributed by atoms with Crippen molar-refractivity contribution in [3.05, 3.63) is 35.9 Å². The van der Waals surface area contributed by atoms with E-state index in [2.05, 4.69) is 22.1 Å². The minimum atomic E-state index is -4.37. The fourth-order valence-electron chi connectivity index (χ4n) is 5.50. The summed E-state index contributed by atoms with van der Waals surface area (Å²) in [6.07, 6.45) is 15.6. The second kappa shape index (κ2) is 24.5. The Hall–Kier alpha value is -1.69. The van der Waals surface area contributed by atoms with Gasteiger partial charge >= 0.3 is 14.0 Å². The zero-order chi connectivity index (χ0) is 33.5. The van der Waals surface area contributed by atoms with E-state index in [4.69, 9.17) is 38.8 Å². The van der Waals surface area contributed by atoms with E-state index in [1.54, 1.807) is 0 Å².